The van der Waals surface area contributed by atoms with Gasteiger partial charge in [0.2, 0.25) is 5.95 Å². The molecule has 0 spiro atoms. The molecule has 17 heavy (non-hydrogen) atoms. The molecule has 6 heteroatoms. The maximum atomic E-state index is 5.62. The number of aryl methyl sites for hydroxylation is 1. The first kappa shape index (κ1) is 12.2. The Morgan fingerprint density at radius 2 is 1.94 bits per heavy atom. The van der Waals surface area contributed by atoms with E-state index in [-0.39, 0.29) is 0 Å². The van der Waals surface area contributed by atoms with E-state index in [1.165, 1.54) is 0 Å². The zero-order chi connectivity index (χ0) is 12.4. The van der Waals surface area contributed by atoms with Gasteiger partial charge in [-0.1, -0.05) is 12.2 Å². The molecule has 0 aromatic carbocycles. The molecule has 1 aliphatic heterocycles. The van der Waals surface area contributed by atoms with Crippen molar-refractivity contribution in [2.24, 2.45) is 5.73 Å². The molecule has 2 N–H and O–H groups in total. The van der Waals surface area contributed by atoms with E-state index in [1.807, 2.05) is 13.0 Å². The summed E-state index contributed by atoms with van der Waals surface area (Å²) < 4.78 is 0. The van der Waals surface area contributed by atoms with Gasteiger partial charge in [0.25, 0.3) is 0 Å². The standard InChI is InChI=1S/C11H17N5S/c1-8-7-9(10(12)17)14-11(13-8)16-5-3-15(2)4-6-16/h7H,3-6H2,1-2H3,(H2,12,17). The fraction of sp³-hybridized carbons (Fsp3) is 0.545. The van der Waals surface area contributed by atoms with Crippen molar-refractivity contribution in [3.05, 3.63) is 17.5 Å². The van der Waals surface area contributed by atoms with Crippen LogP contribution in [0.3, 0.4) is 0 Å². The van der Waals surface area contributed by atoms with E-state index in [0.717, 1.165) is 37.8 Å². The summed E-state index contributed by atoms with van der Waals surface area (Å²) in [6.45, 7) is 5.87. The van der Waals surface area contributed by atoms with Gasteiger partial charge in [0.05, 0.1) is 0 Å². The van der Waals surface area contributed by atoms with Crippen LogP contribution in [-0.4, -0.2) is 53.1 Å². The van der Waals surface area contributed by atoms with Crippen LogP contribution >= 0.6 is 12.2 Å². The molecule has 5 nitrogen and oxygen atoms in total. The van der Waals surface area contributed by atoms with Crippen molar-refractivity contribution in [2.75, 3.05) is 38.1 Å². The van der Waals surface area contributed by atoms with Crippen molar-refractivity contribution in [1.82, 2.24) is 14.9 Å². The van der Waals surface area contributed by atoms with Crippen molar-refractivity contribution < 1.29 is 0 Å². The lowest BCUT2D eigenvalue weighted by Gasteiger charge is -2.32. The third-order valence-corrected chi connectivity index (χ3v) is 3.09. The lowest BCUT2D eigenvalue weighted by Crippen LogP contribution is -2.45. The number of nitrogens with zero attached hydrogens (tertiary/aromatic N) is 4. The van der Waals surface area contributed by atoms with Gasteiger partial charge >= 0.3 is 0 Å². The Hall–Kier alpha value is -1.27. The average molecular weight is 251 g/mol. The van der Waals surface area contributed by atoms with Crippen molar-refractivity contribution >= 4 is 23.2 Å². The summed E-state index contributed by atoms with van der Waals surface area (Å²) >= 11 is 4.96. The van der Waals surface area contributed by atoms with Crippen LogP contribution in [0.1, 0.15) is 11.4 Å². The van der Waals surface area contributed by atoms with Gasteiger partial charge in [-0.25, -0.2) is 9.97 Å². The average Bonchev–Trinajstić information content (AvgIpc) is 2.29. The van der Waals surface area contributed by atoms with Gasteiger partial charge in [-0.2, -0.15) is 0 Å². The SMILES string of the molecule is Cc1cc(C(N)=S)nc(N2CCN(C)CC2)n1. The van der Waals surface area contributed by atoms with Crippen LogP contribution < -0.4 is 10.6 Å². The van der Waals surface area contributed by atoms with E-state index in [1.54, 1.807) is 0 Å². The topological polar surface area (TPSA) is 58.3 Å². The first-order valence-corrected chi connectivity index (χ1v) is 6.06. The second kappa shape index (κ2) is 4.93. The summed E-state index contributed by atoms with van der Waals surface area (Å²) in [7, 11) is 2.12. The predicted octanol–water partition coefficient (Wildman–Crippen LogP) is 0.171. The fourth-order valence-corrected chi connectivity index (χ4v) is 1.93. The molecular weight excluding hydrogens is 234 g/mol. The molecule has 92 valence electrons. The molecule has 1 aromatic heterocycles. The van der Waals surface area contributed by atoms with E-state index in [4.69, 9.17) is 18.0 Å². The van der Waals surface area contributed by atoms with Crippen LogP contribution in [0.4, 0.5) is 5.95 Å². The number of aromatic nitrogens is 2. The largest absolute Gasteiger partial charge is 0.388 e. The van der Waals surface area contributed by atoms with Crippen molar-refractivity contribution in [2.45, 2.75) is 6.92 Å². The molecule has 2 rings (SSSR count). The smallest absolute Gasteiger partial charge is 0.226 e. The van der Waals surface area contributed by atoms with Gasteiger partial charge in [0.1, 0.15) is 10.7 Å². The number of thiocarbonyl (C=S) groups is 1. The van der Waals surface area contributed by atoms with Crippen LogP contribution in [0, 0.1) is 6.92 Å². The zero-order valence-electron chi connectivity index (χ0n) is 10.2. The van der Waals surface area contributed by atoms with Crippen LogP contribution in [0.2, 0.25) is 0 Å². The molecule has 0 radical (unpaired) electrons. The molecule has 1 aromatic rings. The van der Waals surface area contributed by atoms with Gasteiger partial charge in [0.15, 0.2) is 0 Å². The number of likely N-dealkylation sites (N-methyl/N-ethyl adjacent to an activating group) is 1. The number of rotatable bonds is 2. The molecule has 0 unspecified atom stereocenters. The molecule has 1 saturated heterocycles. The first-order chi connectivity index (χ1) is 8.06. The highest BCUT2D eigenvalue weighted by Crippen LogP contribution is 2.12. The Morgan fingerprint density at radius 1 is 1.29 bits per heavy atom. The molecule has 1 aliphatic rings. The minimum absolute atomic E-state index is 0.325. The summed E-state index contributed by atoms with van der Waals surface area (Å²) in [5.74, 6) is 0.737. The third kappa shape index (κ3) is 2.89. The van der Waals surface area contributed by atoms with Crippen LogP contribution in [-0.2, 0) is 0 Å². The quantitative estimate of drug-likeness (QED) is 0.756. The van der Waals surface area contributed by atoms with Crippen LogP contribution in [0.15, 0.2) is 6.07 Å². The molecule has 0 amide bonds. The first-order valence-electron chi connectivity index (χ1n) is 5.65. The third-order valence-electron chi connectivity index (χ3n) is 2.88. The molecular formula is C11H17N5S. The minimum Gasteiger partial charge on any atom is -0.388 e. The molecule has 0 bridgehead atoms. The Bertz CT molecular complexity index is 426. The van der Waals surface area contributed by atoms with E-state index in [9.17, 15) is 0 Å². The Balaban J connectivity index is 2.23. The normalized spacial score (nSPS) is 17.2. The Labute approximate surface area is 107 Å². The molecule has 2 heterocycles. The van der Waals surface area contributed by atoms with Crippen molar-refractivity contribution in [3.63, 3.8) is 0 Å². The number of piperazine rings is 1. The zero-order valence-corrected chi connectivity index (χ0v) is 11.0. The van der Waals surface area contributed by atoms with Gasteiger partial charge in [-0.3, -0.25) is 0 Å². The van der Waals surface area contributed by atoms with Gasteiger partial charge in [-0.05, 0) is 20.0 Å². The van der Waals surface area contributed by atoms with E-state index < -0.39 is 0 Å². The summed E-state index contributed by atoms with van der Waals surface area (Å²) in [5.41, 5.74) is 7.17. The Kier molecular flexibility index (Phi) is 3.54. The highest BCUT2D eigenvalue weighted by Gasteiger charge is 2.17. The van der Waals surface area contributed by atoms with E-state index in [0.29, 0.717) is 10.7 Å². The second-order valence-electron chi connectivity index (χ2n) is 4.35. The summed E-state index contributed by atoms with van der Waals surface area (Å²) in [4.78, 5) is 13.7. The lowest BCUT2D eigenvalue weighted by molar-refractivity contribution is 0.311. The van der Waals surface area contributed by atoms with Gasteiger partial charge in [0, 0.05) is 31.9 Å². The van der Waals surface area contributed by atoms with Crippen LogP contribution in [0.25, 0.3) is 0 Å². The minimum atomic E-state index is 0.325. The van der Waals surface area contributed by atoms with Crippen molar-refractivity contribution in [3.8, 4) is 0 Å². The number of nitrogens with two attached hydrogens (primary N) is 1. The summed E-state index contributed by atoms with van der Waals surface area (Å²) in [6.07, 6.45) is 0. The number of hydrogen-bond acceptors (Lipinski definition) is 5. The Morgan fingerprint density at radius 3 is 2.53 bits per heavy atom. The van der Waals surface area contributed by atoms with E-state index >= 15 is 0 Å². The van der Waals surface area contributed by atoms with Gasteiger partial charge < -0.3 is 15.5 Å². The predicted molar refractivity (Wildman–Crippen MR) is 72.4 cm³/mol. The van der Waals surface area contributed by atoms with Crippen molar-refractivity contribution in [1.29, 1.82) is 0 Å². The second-order valence-corrected chi connectivity index (χ2v) is 4.79. The molecule has 1 fully saturated rings. The highest BCUT2D eigenvalue weighted by atomic mass is 32.1. The lowest BCUT2D eigenvalue weighted by atomic mass is 10.3. The monoisotopic (exact) mass is 251 g/mol. The summed E-state index contributed by atoms with van der Waals surface area (Å²) in [6, 6.07) is 1.82. The number of hydrogen-bond donors (Lipinski definition) is 1. The van der Waals surface area contributed by atoms with Gasteiger partial charge in [-0.15, -0.1) is 0 Å². The fourth-order valence-electron chi connectivity index (χ4n) is 1.83. The summed E-state index contributed by atoms with van der Waals surface area (Å²) in [5, 5.41) is 0. The number of anilines is 1. The molecule has 0 aliphatic carbocycles. The van der Waals surface area contributed by atoms with Crippen LogP contribution in [0.5, 0.6) is 0 Å². The molecule has 0 atom stereocenters. The van der Waals surface area contributed by atoms with E-state index in [2.05, 4.69) is 26.8 Å². The highest BCUT2D eigenvalue weighted by molar-refractivity contribution is 7.80. The maximum Gasteiger partial charge on any atom is 0.226 e. The molecule has 0 saturated carbocycles. The maximum absolute atomic E-state index is 5.62.